The first-order valence-corrected chi connectivity index (χ1v) is 10.4. The molecule has 29 heavy (non-hydrogen) atoms. The van der Waals surface area contributed by atoms with E-state index < -0.39 is 0 Å². The van der Waals surface area contributed by atoms with Gasteiger partial charge in [-0.15, -0.1) is 0 Å². The minimum atomic E-state index is 0. The topological polar surface area (TPSA) is 17.8 Å². The van der Waals surface area contributed by atoms with Crippen molar-refractivity contribution in [1.29, 1.82) is 0 Å². The molecule has 0 atom stereocenters. The second kappa shape index (κ2) is 15.7. The van der Waals surface area contributed by atoms with Crippen LogP contribution in [0.2, 0.25) is 0 Å². The van der Waals surface area contributed by atoms with Crippen LogP contribution in [0.25, 0.3) is 28.1 Å². The molecular formula is C26H34IrN2. The van der Waals surface area contributed by atoms with Crippen LogP contribution >= 0.6 is 0 Å². The van der Waals surface area contributed by atoms with Crippen LogP contribution in [0.15, 0.2) is 84.9 Å². The Kier molecular flexibility index (Phi) is 14.5. The number of para-hydroxylation sites is 3. The van der Waals surface area contributed by atoms with Gasteiger partial charge < -0.3 is 0 Å². The molecule has 0 saturated heterocycles. The first kappa shape index (κ1) is 26.8. The number of hydrogen-bond donors (Lipinski definition) is 0. The van der Waals surface area contributed by atoms with Gasteiger partial charge in [0.15, 0.2) is 0 Å². The molecule has 4 aromatic rings. The summed E-state index contributed by atoms with van der Waals surface area (Å²) < 4.78 is 2.21. The van der Waals surface area contributed by atoms with E-state index in [1.165, 1.54) is 6.42 Å². The third-order valence-electron chi connectivity index (χ3n) is 3.61. The van der Waals surface area contributed by atoms with Gasteiger partial charge in [-0.25, -0.2) is 4.98 Å². The van der Waals surface area contributed by atoms with Crippen LogP contribution in [-0.2, 0) is 20.1 Å². The Balaban J connectivity index is 0.000000882. The van der Waals surface area contributed by atoms with Crippen molar-refractivity contribution >= 4 is 11.0 Å². The van der Waals surface area contributed by atoms with Crippen molar-refractivity contribution in [2.75, 3.05) is 0 Å². The molecule has 0 aliphatic heterocycles. The van der Waals surface area contributed by atoms with Crippen molar-refractivity contribution in [3.63, 3.8) is 0 Å². The normalized spacial score (nSPS) is 8.90. The van der Waals surface area contributed by atoms with Crippen LogP contribution in [0.1, 0.15) is 48.0 Å². The first-order chi connectivity index (χ1) is 13.8. The van der Waals surface area contributed by atoms with Gasteiger partial charge in [-0.05, 0) is 24.3 Å². The molecule has 0 spiro atoms. The average molecular weight is 567 g/mol. The molecule has 0 amide bonds. The second-order valence-electron chi connectivity index (χ2n) is 5.67. The predicted octanol–water partition coefficient (Wildman–Crippen LogP) is 8.16. The molecule has 3 heteroatoms. The Morgan fingerprint density at radius 1 is 0.655 bits per heavy atom. The van der Waals surface area contributed by atoms with Crippen molar-refractivity contribution in [3.8, 4) is 17.1 Å². The van der Waals surface area contributed by atoms with Gasteiger partial charge >= 0.3 is 0 Å². The molecular weight excluding hydrogens is 533 g/mol. The number of nitrogens with zero attached hydrogens (tertiary/aromatic N) is 2. The fraction of sp³-hybridized carbons (Fsp3) is 0.269. The summed E-state index contributed by atoms with van der Waals surface area (Å²) in [5, 5.41) is 0. The van der Waals surface area contributed by atoms with Gasteiger partial charge in [-0.3, -0.25) is 4.57 Å². The summed E-state index contributed by atoms with van der Waals surface area (Å²) in [6, 6.07) is 28.9. The van der Waals surface area contributed by atoms with Crippen LogP contribution < -0.4 is 0 Å². The Labute approximate surface area is 190 Å². The molecule has 0 unspecified atom stereocenters. The van der Waals surface area contributed by atoms with E-state index in [1.807, 2.05) is 58.0 Å². The Morgan fingerprint density at radius 3 is 1.66 bits per heavy atom. The SMILES string of the molecule is CC.CC.CCC.[Ir].c1ccc(-c2nc3ccccc3n2-c2ccccc2)cc1. The molecule has 1 heterocycles. The first-order valence-electron chi connectivity index (χ1n) is 10.4. The molecule has 0 aliphatic carbocycles. The summed E-state index contributed by atoms with van der Waals surface area (Å²) in [6.07, 6.45) is 1.25. The molecule has 157 valence electrons. The maximum absolute atomic E-state index is 4.82. The largest absolute Gasteiger partial charge is 0.292 e. The molecule has 0 saturated carbocycles. The van der Waals surface area contributed by atoms with Crippen LogP contribution in [0.3, 0.4) is 0 Å². The van der Waals surface area contributed by atoms with E-state index >= 15 is 0 Å². The molecule has 0 N–H and O–H groups in total. The number of imidazole rings is 1. The third kappa shape index (κ3) is 7.27. The minimum absolute atomic E-state index is 0. The van der Waals surface area contributed by atoms with Gasteiger partial charge in [0.25, 0.3) is 0 Å². The monoisotopic (exact) mass is 567 g/mol. The summed E-state index contributed by atoms with van der Waals surface area (Å²) in [5.74, 6) is 0.975. The Morgan fingerprint density at radius 2 is 1.10 bits per heavy atom. The molecule has 0 aliphatic rings. The van der Waals surface area contributed by atoms with E-state index in [2.05, 4.69) is 73.0 Å². The zero-order valence-corrected chi connectivity index (χ0v) is 20.9. The zero-order chi connectivity index (χ0) is 20.8. The molecule has 1 aromatic heterocycles. The summed E-state index contributed by atoms with van der Waals surface area (Å²) in [5.41, 5.74) is 4.39. The fourth-order valence-corrected chi connectivity index (χ4v) is 2.65. The van der Waals surface area contributed by atoms with E-state index in [-0.39, 0.29) is 20.1 Å². The van der Waals surface area contributed by atoms with Crippen molar-refractivity contribution in [2.45, 2.75) is 48.0 Å². The number of benzene rings is 3. The van der Waals surface area contributed by atoms with Gasteiger partial charge in [0.1, 0.15) is 5.82 Å². The summed E-state index contributed by atoms with van der Waals surface area (Å²) in [6.45, 7) is 12.2. The van der Waals surface area contributed by atoms with Crippen LogP contribution in [0.5, 0.6) is 0 Å². The van der Waals surface area contributed by atoms with Gasteiger partial charge in [0.05, 0.1) is 11.0 Å². The van der Waals surface area contributed by atoms with E-state index in [1.54, 1.807) is 0 Å². The maximum atomic E-state index is 4.82. The van der Waals surface area contributed by atoms with E-state index in [4.69, 9.17) is 4.98 Å². The van der Waals surface area contributed by atoms with Gasteiger partial charge in [0, 0.05) is 31.4 Å². The predicted molar refractivity (Wildman–Crippen MR) is 125 cm³/mol. The fourth-order valence-electron chi connectivity index (χ4n) is 2.65. The van der Waals surface area contributed by atoms with Crippen LogP contribution in [0, 0.1) is 0 Å². The quantitative estimate of drug-likeness (QED) is 0.239. The number of fused-ring (bicyclic) bond motifs is 1. The summed E-state index contributed by atoms with van der Waals surface area (Å²) in [4.78, 5) is 4.82. The van der Waals surface area contributed by atoms with E-state index in [0.717, 1.165) is 28.1 Å². The molecule has 0 bridgehead atoms. The van der Waals surface area contributed by atoms with Gasteiger partial charge in [0.2, 0.25) is 0 Å². The van der Waals surface area contributed by atoms with Crippen molar-refractivity contribution in [1.82, 2.24) is 9.55 Å². The average Bonchev–Trinajstić information content (AvgIpc) is 3.18. The van der Waals surface area contributed by atoms with Crippen LogP contribution in [0.4, 0.5) is 0 Å². The number of aromatic nitrogens is 2. The minimum Gasteiger partial charge on any atom is -0.292 e. The summed E-state index contributed by atoms with van der Waals surface area (Å²) >= 11 is 0. The van der Waals surface area contributed by atoms with Gasteiger partial charge in [-0.2, -0.15) is 0 Å². The van der Waals surface area contributed by atoms with Gasteiger partial charge in [-0.1, -0.05) is 109 Å². The zero-order valence-electron chi connectivity index (χ0n) is 18.5. The van der Waals surface area contributed by atoms with E-state index in [0.29, 0.717) is 0 Å². The molecule has 4 rings (SSSR count). The van der Waals surface area contributed by atoms with E-state index in [9.17, 15) is 0 Å². The van der Waals surface area contributed by atoms with Crippen molar-refractivity contribution in [3.05, 3.63) is 84.9 Å². The Hall–Kier alpha value is -2.22. The molecule has 2 nitrogen and oxygen atoms in total. The second-order valence-corrected chi connectivity index (χ2v) is 5.67. The number of hydrogen-bond acceptors (Lipinski definition) is 1. The summed E-state index contributed by atoms with van der Waals surface area (Å²) in [7, 11) is 0. The smallest absolute Gasteiger partial charge is 0.145 e. The van der Waals surface area contributed by atoms with Crippen molar-refractivity contribution < 1.29 is 20.1 Å². The number of rotatable bonds is 2. The third-order valence-corrected chi connectivity index (χ3v) is 3.61. The molecule has 0 fully saturated rings. The molecule has 1 radical (unpaired) electrons. The maximum Gasteiger partial charge on any atom is 0.145 e. The van der Waals surface area contributed by atoms with Crippen LogP contribution in [-0.4, -0.2) is 9.55 Å². The standard InChI is InChI=1S/C19H14N2.C3H8.2C2H6.Ir/c1-3-9-15(10-4-1)19-20-17-13-7-8-14-18(17)21(19)16-11-5-2-6-12-16;1-3-2;2*1-2;/h1-14H;3H2,1-2H3;2*1-2H3;. The Bertz CT molecular complexity index is 900. The van der Waals surface area contributed by atoms with Crippen molar-refractivity contribution in [2.24, 2.45) is 0 Å². The molecule has 3 aromatic carbocycles.